The van der Waals surface area contributed by atoms with E-state index in [9.17, 15) is 14.4 Å². The number of hydrogen-bond donors (Lipinski definition) is 1. The Balaban J connectivity index is 1.72. The summed E-state index contributed by atoms with van der Waals surface area (Å²) < 4.78 is 10.7. The van der Waals surface area contributed by atoms with Crippen molar-refractivity contribution < 1.29 is 23.9 Å². The molecule has 0 aromatic heterocycles. The van der Waals surface area contributed by atoms with Gasteiger partial charge in [0.05, 0.1) is 0 Å². The number of piperidine rings is 1. The lowest BCUT2D eigenvalue weighted by molar-refractivity contribution is -0.136. The number of rotatable bonds is 7. The fourth-order valence-corrected chi connectivity index (χ4v) is 4.42. The maximum Gasteiger partial charge on any atom is 0.252 e. The molecule has 2 heterocycles. The number of carbonyl (C=O) groups excluding carboxylic acids is 3. The predicted molar refractivity (Wildman–Crippen MR) is 125 cm³/mol. The number of hydrogen-bond acceptors (Lipinski definition) is 5. The zero-order valence-corrected chi connectivity index (χ0v) is 20.5. The number of carbonyl (C=O) groups is 3. The van der Waals surface area contributed by atoms with Gasteiger partial charge in [-0.05, 0) is 56.2 Å². The topological polar surface area (TPSA) is 88.2 Å². The van der Waals surface area contributed by atoms with Crippen LogP contribution in [0.15, 0.2) is 18.2 Å². The number of amides is 3. The number of likely N-dealkylation sites (tertiary alicyclic amines) is 1. The first-order valence-electron chi connectivity index (χ1n) is 11.9. The van der Waals surface area contributed by atoms with Crippen LogP contribution < -0.4 is 14.8 Å². The quantitative estimate of drug-likeness (QED) is 0.677. The fourth-order valence-electron chi connectivity index (χ4n) is 4.42. The SMILES string of the molecule is CCN(CC)C(=O)[C@@H](NC(=O)c1ccc2c(c1)OCO2)C1CCN(C(=O)CC(C)(C)C)CC1. The van der Waals surface area contributed by atoms with Crippen molar-refractivity contribution in [1.29, 1.82) is 0 Å². The van der Waals surface area contributed by atoms with Crippen LogP contribution in [0.25, 0.3) is 0 Å². The summed E-state index contributed by atoms with van der Waals surface area (Å²) in [6.45, 7) is 12.5. The van der Waals surface area contributed by atoms with Gasteiger partial charge in [0.1, 0.15) is 6.04 Å². The minimum atomic E-state index is -0.636. The van der Waals surface area contributed by atoms with E-state index in [0.29, 0.717) is 62.5 Å². The first-order valence-corrected chi connectivity index (χ1v) is 11.9. The number of benzene rings is 1. The molecule has 1 aromatic rings. The monoisotopic (exact) mass is 459 g/mol. The highest BCUT2D eigenvalue weighted by Crippen LogP contribution is 2.33. The largest absolute Gasteiger partial charge is 0.454 e. The van der Waals surface area contributed by atoms with E-state index >= 15 is 0 Å². The molecule has 3 rings (SSSR count). The van der Waals surface area contributed by atoms with Gasteiger partial charge in [0.15, 0.2) is 11.5 Å². The van der Waals surface area contributed by atoms with Gasteiger partial charge >= 0.3 is 0 Å². The smallest absolute Gasteiger partial charge is 0.252 e. The Hall–Kier alpha value is -2.77. The van der Waals surface area contributed by atoms with Crippen molar-refractivity contribution in [3.8, 4) is 11.5 Å². The zero-order valence-electron chi connectivity index (χ0n) is 20.5. The molecule has 33 heavy (non-hydrogen) atoms. The summed E-state index contributed by atoms with van der Waals surface area (Å²) in [7, 11) is 0. The Morgan fingerprint density at radius 1 is 1.09 bits per heavy atom. The van der Waals surface area contributed by atoms with Crippen molar-refractivity contribution in [3.05, 3.63) is 23.8 Å². The molecule has 1 aromatic carbocycles. The van der Waals surface area contributed by atoms with E-state index in [2.05, 4.69) is 26.1 Å². The molecule has 2 aliphatic heterocycles. The molecule has 1 N–H and O–H groups in total. The number of nitrogens with zero attached hydrogens (tertiary/aromatic N) is 2. The molecule has 0 aliphatic carbocycles. The van der Waals surface area contributed by atoms with E-state index in [-0.39, 0.29) is 35.8 Å². The Labute approximate surface area is 196 Å². The van der Waals surface area contributed by atoms with Crippen LogP contribution in [0.4, 0.5) is 0 Å². The van der Waals surface area contributed by atoms with Crippen LogP contribution in [0, 0.1) is 11.3 Å². The van der Waals surface area contributed by atoms with Crippen molar-refractivity contribution in [2.24, 2.45) is 11.3 Å². The van der Waals surface area contributed by atoms with Gasteiger partial charge in [-0.2, -0.15) is 0 Å². The Morgan fingerprint density at radius 2 is 1.73 bits per heavy atom. The van der Waals surface area contributed by atoms with Crippen molar-refractivity contribution in [2.75, 3.05) is 33.0 Å². The van der Waals surface area contributed by atoms with Gasteiger partial charge in [0.25, 0.3) is 5.91 Å². The van der Waals surface area contributed by atoms with Gasteiger partial charge < -0.3 is 24.6 Å². The molecule has 182 valence electrons. The van der Waals surface area contributed by atoms with Gasteiger partial charge in [-0.1, -0.05) is 20.8 Å². The first-order chi connectivity index (χ1) is 15.6. The first kappa shape index (κ1) is 24.9. The van der Waals surface area contributed by atoms with E-state index in [1.807, 2.05) is 18.7 Å². The van der Waals surface area contributed by atoms with Crippen LogP contribution >= 0.6 is 0 Å². The lowest BCUT2D eigenvalue weighted by Gasteiger charge is -2.38. The van der Waals surface area contributed by atoms with Crippen LogP contribution in [-0.2, 0) is 9.59 Å². The summed E-state index contributed by atoms with van der Waals surface area (Å²) in [5.41, 5.74) is 0.364. The van der Waals surface area contributed by atoms with Gasteiger partial charge in [-0.25, -0.2) is 0 Å². The van der Waals surface area contributed by atoms with E-state index in [4.69, 9.17) is 9.47 Å². The molecule has 0 bridgehead atoms. The minimum absolute atomic E-state index is 0.0326. The maximum absolute atomic E-state index is 13.3. The van der Waals surface area contributed by atoms with E-state index in [1.54, 1.807) is 23.1 Å². The summed E-state index contributed by atoms with van der Waals surface area (Å²) >= 11 is 0. The van der Waals surface area contributed by atoms with Crippen LogP contribution in [0.5, 0.6) is 11.5 Å². The third-order valence-corrected chi connectivity index (χ3v) is 6.31. The summed E-state index contributed by atoms with van der Waals surface area (Å²) in [4.78, 5) is 42.7. The number of likely N-dealkylation sites (N-methyl/N-ethyl adjacent to an activating group) is 1. The molecule has 1 fully saturated rings. The lowest BCUT2D eigenvalue weighted by Crippen LogP contribution is -2.54. The van der Waals surface area contributed by atoms with E-state index < -0.39 is 6.04 Å². The molecule has 0 unspecified atom stereocenters. The second kappa shape index (κ2) is 10.4. The molecule has 8 nitrogen and oxygen atoms in total. The van der Waals surface area contributed by atoms with Crippen LogP contribution in [0.2, 0.25) is 0 Å². The standard InChI is InChI=1S/C25H37N3O5/c1-6-27(7-2)24(31)22(17-10-12-28(13-11-17)21(29)15-25(3,4)5)26-23(30)18-8-9-19-20(14-18)33-16-32-19/h8-9,14,17,22H,6-7,10-13,15-16H2,1-5H3,(H,26,30)/t22-/m0/s1. The molecule has 1 saturated heterocycles. The molecular formula is C25H37N3O5. The summed E-state index contributed by atoms with van der Waals surface area (Å²) in [6.07, 6.45) is 1.85. The van der Waals surface area contributed by atoms with E-state index in [0.717, 1.165) is 0 Å². The third kappa shape index (κ3) is 6.18. The summed E-state index contributed by atoms with van der Waals surface area (Å²) in [5, 5.41) is 3.00. The van der Waals surface area contributed by atoms with Crippen molar-refractivity contribution >= 4 is 17.7 Å². The highest BCUT2D eigenvalue weighted by Gasteiger charge is 2.36. The van der Waals surface area contributed by atoms with E-state index in [1.165, 1.54) is 0 Å². The molecule has 8 heteroatoms. The van der Waals surface area contributed by atoms with Crippen LogP contribution in [-0.4, -0.2) is 66.5 Å². The normalized spacial score (nSPS) is 16.9. The lowest BCUT2D eigenvalue weighted by atomic mass is 9.86. The minimum Gasteiger partial charge on any atom is -0.454 e. The molecule has 1 atom stereocenters. The zero-order chi connectivity index (χ0) is 24.2. The molecule has 0 radical (unpaired) electrons. The third-order valence-electron chi connectivity index (χ3n) is 6.31. The highest BCUT2D eigenvalue weighted by atomic mass is 16.7. The molecule has 2 aliphatic rings. The Bertz CT molecular complexity index is 867. The second-order valence-electron chi connectivity index (χ2n) is 9.99. The number of nitrogens with one attached hydrogen (secondary N) is 1. The summed E-state index contributed by atoms with van der Waals surface area (Å²) in [6, 6.07) is 4.39. The molecular weight excluding hydrogens is 422 g/mol. The summed E-state index contributed by atoms with van der Waals surface area (Å²) in [5.74, 6) is 0.861. The Kier molecular flexibility index (Phi) is 7.87. The van der Waals surface area contributed by atoms with Crippen LogP contribution in [0.1, 0.15) is 64.2 Å². The Morgan fingerprint density at radius 3 is 2.33 bits per heavy atom. The average molecular weight is 460 g/mol. The number of ether oxygens (including phenoxy) is 2. The maximum atomic E-state index is 13.3. The fraction of sp³-hybridized carbons (Fsp3) is 0.640. The van der Waals surface area contributed by atoms with Gasteiger partial charge in [0.2, 0.25) is 18.6 Å². The van der Waals surface area contributed by atoms with Crippen molar-refractivity contribution in [1.82, 2.24) is 15.1 Å². The second-order valence-corrected chi connectivity index (χ2v) is 9.99. The molecule has 0 spiro atoms. The average Bonchev–Trinajstić information content (AvgIpc) is 3.25. The van der Waals surface area contributed by atoms with Gasteiger partial charge in [-0.15, -0.1) is 0 Å². The van der Waals surface area contributed by atoms with Gasteiger partial charge in [0, 0.05) is 38.2 Å². The molecule has 3 amide bonds. The molecule has 0 saturated carbocycles. The van der Waals surface area contributed by atoms with Crippen molar-refractivity contribution in [2.45, 2.75) is 59.9 Å². The number of fused-ring (bicyclic) bond motifs is 1. The van der Waals surface area contributed by atoms with Gasteiger partial charge in [-0.3, -0.25) is 14.4 Å². The van der Waals surface area contributed by atoms with Crippen LogP contribution in [0.3, 0.4) is 0 Å². The highest BCUT2D eigenvalue weighted by molar-refractivity contribution is 5.98. The predicted octanol–water partition coefficient (Wildman–Crippen LogP) is 3.06. The van der Waals surface area contributed by atoms with Crippen molar-refractivity contribution in [3.63, 3.8) is 0 Å².